The molecule has 1 amide bonds. The van der Waals surface area contributed by atoms with Crippen molar-refractivity contribution < 1.29 is 22.7 Å². The van der Waals surface area contributed by atoms with E-state index in [0.717, 1.165) is 10.5 Å². The van der Waals surface area contributed by atoms with Crippen LogP contribution in [0.1, 0.15) is 32.8 Å². The summed E-state index contributed by atoms with van der Waals surface area (Å²) in [6.07, 6.45) is -4.84. The van der Waals surface area contributed by atoms with E-state index in [1.807, 2.05) is 30.3 Å². The molecule has 0 aromatic heterocycles. The summed E-state index contributed by atoms with van der Waals surface area (Å²) in [5.41, 5.74) is 0.200. The second kappa shape index (κ2) is 7.64. The zero-order valence-electron chi connectivity index (χ0n) is 14.8. The topological polar surface area (TPSA) is 41.6 Å². The van der Waals surface area contributed by atoms with Crippen LogP contribution in [0.5, 0.6) is 0 Å². The van der Waals surface area contributed by atoms with E-state index in [4.69, 9.17) is 4.74 Å². The standard InChI is InChI=1S/C18H25F3N2O2/c1-17(2,3)25-16(24)23-10-9-15(14(12-23)18(19,20)21)22-11-13-7-5-4-6-8-13/h4-8,14-15,22H,9-12H2,1-3H3/t14-,15+/m0/s1. The van der Waals surface area contributed by atoms with Crippen LogP contribution in [0.3, 0.4) is 0 Å². The average molecular weight is 358 g/mol. The average Bonchev–Trinajstić information content (AvgIpc) is 2.51. The lowest BCUT2D eigenvalue weighted by Gasteiger charge is -2.40. The number of ether oxygens (including phenoxy) is 1. The Kier molecular flexibility index (Phi) is 5.98. The summed E-state index contributed by atoms with van der Waals surface area (Å²) in [6.45, 7) is 5.31. The van der Waals surface area contributed by atoms with Crippen molar-refractivity contribution in [3.05, 3.63) is 35.9 Å². The molecule has 1 aliphatic heterocycles. The fourth-order valence-corrected chi connectivity index (χ4v) is 2.87. The van der Waals surface area contributed by atoms with Gasteiger partial charge in [-0.1, -0.05) is 30.3 Å². The maximum absolute atomic E-state index is 13.5. The minimum absolute atomic E-state index is 0.232. The molecule has 1 aliphatic rings. The summed E-state index contributed by atoms with van der Waals surface area (Å²) >= 11 is 0. The molecule has 7 heteroatoms. The molecule has 0 radical (unpaired) electrons. The van der Waals surface area contributed by atoms with Gasteiger partial charge in [-0.15, -0.1) is 0 Å². The van der Waals surface area contributed by atoms with Gasteiger partial charge < -0.3 is 15.0 Å². The van der Waals surface area contributed by atoms with Crippen molar-refractivity contribution in [2.75, 3.05) is 13.1 Å². The van der Waals surface area contributed by atoms with E-state index in [0.29, 0.717) is 6.54 Å². The maximum atomic E-state index is 13.5. The predicted octanol–water partition coefficient (Wildman–Crippen LogP) is 3.96. The lowest BCUT2D eigenvalue weighted by Crippen LogP contribution is -2.56. The van der Waals surface area contributed by atoms with Gasteiger partial charge in [0.05, 0.1) is 5.92 Å². The van der Waals surface area contributed by atoms with Gasteiger partial charge in [0.15, 0.2) is 0 Å². The van der Waals surface area contributed by atoms with Crippen LogP contribution in [0.4, 0.5) is 18.0 Å². The first-order valence-electron chi connectivity index (χ1n) is 8.38. The van der Waals surface area contributed by atoms with E-state index in [-0.39, 0.29) is 19.5 Å². The van der Waals surface area contributed by atoms with E-state index in [2.05, 4.69) is 5.32 Å². The number of piperidine rings is 1. The number of likely N-dealkylation sites (tertiary alicyclic amines) is 1. The molecule has 0 spiro atoms. The number of hydrogen-bond acceptors (Lipinski definition) is 3. The number of nitrogens with one attached hydrogen (secondary N) is 1. The first kappa shape index (κ1) is 19.6. The summed E-state index contributed by atoms with van der Waals surface area (Å²) in [5.74, 6) is -1.61. The number of hydrogen-bond donors (Lipinski definition) is 1. The van der Waals surface area contributed by atoms with Crippen LogP contribution in [0.2, 0.25) is 0 Å². The quantitative estimate of drug-likeness (QED) is 0.889. The largest absolute Gasteiger partial charge is 0.444 e. The normalized spacial score (nSPS) is 21.9. The van der Waals surface area contributed by atoms with Gasteiger partial charge in [0.1, 0.15) is 5.60 Å². The molecule has 2 rings (SSSR count). The van der Waals surface area contributed by atoms with Gasteiger partial charge in [-0.2, -0.15) is 13.2 Å². The summed E-state index contributed by atoms with van der Waals surface area (Å²) in [4.78, 5) is 13.2. The Hall–Kier alpha value is -1.76. The van der Waals surface area contributed by atoms with Crippen molar-refractivity contribution in [3.63, 3.8) is 0 Å². The number of carbonyl (C=O) groups is 1. The van der Waals surface area contributed by atoms with Gasteiger partial charge in [0, 0.05) is 25.7 Å². The van der Waals surface area contributed by atoms with Crippen molar-refractivity contribution in [2.24, 2.45) is 5.92 Å². The van der Waals surface area contributed by atoms with Gasteiger partial charge in [0.2, 0.25) is 0 Å². The summed E-state index contributed by atoms with van der Waals surface area (Å²) in [7, 11) is 0. The third kappa shape index (κ3) is 5.92. The molecule has 140 valence electrons. The number of halogens is 3. The molecule has 1 saturated heterocycles. The zero-order chi connectivity index (χ0) is 18.7. The van der Waals surface area contributed by atoms with Gasteiger partial charge in [-0.3, -0.25) is 0 Å². The van der Waals surface area contributed by atoms with E-state index in [9.17, 15) is 18.0 Å². The highest BCUT2D eigenvalue weighted by Crippen LogP contribution is 2.34. The Morgan fingerprint density at radius 1 is 1.24 bits per heavy atom. The Labute approximate surface area is 146 Å². The number of amides is 1. The van der Waals surface area contributed by atoms with Crippen molar-refractivity contribution in [2.45, 2.75) is 51.6 Å². The van der Waals surface area contributed by atoms with Crippen LogP contribution >= 0.6 is 0 Å². The van der Waals surface area contributed by atoms with Crippen LogP contribution in [0.25, 0.3) is 0 Å². The lowest BCUT2D eigenvalue weighted by atomic mass is 9.91. The van der Waals surface area contributed by atoms with Gasteiger partial charge >= 0.3 is 12.3 Å². The third-order valence-electron chi connectivity index (χ3n) is 4.10. The van der Waals surface area contributed by atoms with Crippen molar-refractivity contribution in [1.29, 1.82) is 0 Å². The van der Waals surface area contributed by atoms with Gasteiger partial charge in [-0.25, -0.2) is 4.79 Å². The molecule has 1 fully saturated rings. The van der Waals surface area contributed by atoms with Crippen LogP contribution in [-0.2, 0) is 11.3 Å². The molecule has 0 unspecified atom stereocenters. The molecule has 0 saturated carbocycles. The summed E-state index contributed by atoms with van der Waals surface area (Å²) in [6, 6.07) is 8.57. The van der Waals surface area contributed by atoms with E-state index < -0.39 is 29.8 Å². The Bertz CT molecular complexity index is 570. The predicted molar refractivity (Wildman–Crippen MR) is 89.0 cm³/mol. The van der Waals surface area contributed by atoms with Gasteiger partial charge in [-0.05, 0) is 32.8 Å². The lowest BCUT2D eigenvalue weighted by molar-refractivity contribution is -0.192. The first-order chi connectivity index (χ1) is 11.6. The third-order valence-corrected chi connectivity index (χ3v) is 4.10. The van der Waals surface area contributed by atoms with E-state index in [1.54, 1.807) is 20.8 Å². The second-order valence-electron chi connectivity index (χ2n) is 7.34. The molecule has 2 atom stereocenters. The molecular weight excluding hydrogens is 333 g/mol. The van der Waals surface area contributed by atoms with Crippen LogP contribution in [0.15, 0.2) is 30.3 Å². The molecule has 0 aliphatic carbocycles. The molecule has 4 nitrogen and oxygen atoms in total. The molecule has 0 bridgehead atoms. The fraction of sp³-hybridized carbons (Fsp3) is 0.611. The van der Waals surface area contributed by atoms with Gasteiger partial charge in [0.25, 0.3) is 0 Å². The number of nitrogens with zero attached hydrogens (tertiary/aromatic N) is 1. The highest BCUT2D eigenvalue weighted by Gasteiger charge is 2.48. The molecule has 1 aromatic carbocycles. The monoisotopic (exact) mass is 358 g/mol. The molecular formula is C18H25F3N2O2. The Morgan fingerprint density at radius 2 is 1.88 bits per heavy atom. The Balaban J connectivity index is 2.01. The SMILES string of the molecule is CC(C)(C)OC(=O)N1CC[C@@H](NCc2ccccc2)[C@@H](C(F)(F)F)C1. The Morgan fingerprint density at radius 3 is 2.44 bits per heavy atom. The molecule has 1 heterocycles. The van der Waals surface area contributed by atoms with Crippen LogP contribution in [0, 0.1) is 5.92 Å². The number of benzene rings is 1. The highest BCUT2D eigenvalue weighted by molar-refractivity contribution is 5.68. The smallest absolute Gasteiger partial charge is 0.410 e. The minimum atomic E-state index is -4.38. The number of alkyl halides is 3. The van der Waals surface area contributed by atoms with Crippen LogP contribution in [-0.4, -0.2) is 41.9 Å². The summed E-state index contributed by atoms with van der Waals surface area (Å²) < 4.78 is 45.6. The first-order valence-corrected chi connectivity index (χ1v) is 8.38. The molecule has 25 heavy (non-hydrogen) atoms. The highest BCUT2D eigenvalue weighted by atomic mass is 19.4. The fourth-order valence-electron chi connectivity index (χ4n) is 2.87. The number of rotatable bonds is 3. The number of carbonyl (C=O) groups excluding carboxylic acids is 1. The van der Waals surface area contributed by atoms with Crippen molar-refractivity contribution in [1.82, 2.24) is 10.2 Å². The minimum Gasteiger partial charge on any atom is -0.444 e. The van der Waals surface area contributed by atoms with E-state index in [1.165, 1.54) is 0 Å². The van der Waals surface area contributed by atoms with E-state index >= 15 is 0 Å². The molecule has 1 N–H and O–H groups in total. The van der Waals surface area contributed by atoms with Crippen molar-refractivity contribution in [3.8, 4) is 0 Å². The zero-order valence-corrected chi connectivity index (χ0v) is 14.8. The molecule has 1 aromatic rings. The second-order valence-corrected chi connectivity index (χ2v) is 7.34. The summed E-state index contributed by atoms with van der Waals surface area (Å²) in [5, 5.41) is 3.00. The van der Waals surface area contributed by atoms with Crippen LogP contribution < -0.4 is 5.32 Å². The van der Waals surface area contributed by atoms with Crippen molar-refractivity contribution >= 4 is 6.09 Å². The maximum Gasteiger partial charge on any atom is 0.410 e.